The van der Waals surface area contributed by atoms with Crippen LogP contribution in [-0.2, 0) is 9.53 Å². The molecule has 1 aromatic carbocycles. The lowest BCUT2D eigenvalue weighted by molar-refractivity contribution is -0.150. The first-order chi connectivity index (χ1) is 7.52. The number of ether oxygens (including phenoxy) is 1. The lowest BCUT2D eigenvalue weighted by Gasteiger charge is -2.17. The van der Waals surface area contributed by atoms with E-state index in [9.17, 15) is 9.90 Å². The van der Waals surface area contributed by atoms with Crippen LogP contribution in [0.15, 0.2) is 18.2 Å². The van der Waals surface area contributed by atoms with E-state index >= 15 is 0 Å². The average molecular weight is 241 g/mol. The summed E-state index contributed by atoms with van der Waals surface area (Å²) in [4.78, 5) is 11.0. The predicted octanol–water partition coefficient (Wildman–Crippen LogP) is 2.63. The molecule has 1 aromatic rings. The zero-order valence-electron chi connectivity index (χ0n) is 9.11. The number of aliphatic hydroxyl groups is 1. The Balaban J connectivity index is 2.45. The second kappa shape index (κ2) is 4.07. The largest absolute Gasteiger partial charge is 0.457 e. The smallest absolute Gasteiger partial charge is 0.303 e. The van der Waals surface area contributed by atoms with Crippen LogP contribution in [0, 0.1) is 5.92 Å². The van der Waals surface area contributed by atoms with E-state index in [1.807, 2.05) is 13.0 Å². The molecule has 16 heavy (non-hydrogen) atoms. The van der Waals surface area contributed by atoms with Crippen molar-refractivity contribution in [1.29, 1.82) is 0 Å². The molecule has 0 bridgehead atoms. The van der Waals surface area contributed by atoms with Gasteiger partial charge >= 0.3 is 5.97 Å². The Hall–Kier alpha value is -1.06. The summed E-state index contributed by atoms with van der Waals surface area (Å²) in [6.45, 7) is 3.20. The van der Waals surface area contributed by atoms with Gasteiger partial charge in [-0.05, 0) is 6.07 Å². The first-order valence-corrected chi connectivity index (χ1v) is 5.53. The van der Waals surface area contributed by atoms with E-state index in [1.165, 1.54) is 6.92 Å². The Labute approximate surface area is 99.0 Å². The second-order valence-corrected chi connectivity index (χ2v) is 4.48. The number of carbonyl (C=O) groups is 1. The standard InChI is InChI=1S/C12H13ClO3/c1-6-11(15)10-8(4-3-5-9(10)13)12(6)16-7(2)14/h3-6,11-12,15H,1-2H3. The maximum atomic E-state index is 11.0. The molecule has 0 saturated heterocycles. The molecule has 1 aliphatic carbocycles. The van der Waals surface area contributed by atoms with Crippen molar-refractivity contribution >= 4 is 17.6 Å². The zero-order valence-corrected chi connectivity index (χ0v) is 9.86. The van der Waals surface area contributed by atoms with Crippen LogP contribution in [0.3, 0.4) is 0 Å². The first-order valence-electron chi connectivity index (χ1n) is 5.16. The summed E-state index contributed by atoms with van der Waals surface area (Å²) in [6, 6.07) is 5.36. The van der Waals surface area contributed by atoms with Gasteiger partial charge in [0, 0.05) is 29.0 Å². The Morgan fingerprint density at radius 3 is 2.81 bits per heavy atom. The third-order valence-corrected chi connectivity index (χ3v) is 3.29. The summed E-state index contributed by atoms with van der Waals surface area (Å²) in [5.41, 5.74) is 1.49. The minimum Gasteiger partial charge on any atom is -0.457 e. The molecule has 0 fully saturated rings. The molecule has 0 radical (unpaired) electrons. The summed E-state index contributed by atoms with van der Waals surface area (Å²) in [6.07, 6.45) is -1.07. The van der Waals surface area contributed by atoms with E-state index in [1.54, 1.807) is 12.1 Å². The second-order valence-electron chi connectivity index (χ2n) is 4.08. The van der Waals surface area contributed by atoms with Gasteiger partial charge in [0.05, 0.1) is 6.10 Å². The fourth-order valence-electron chi connectivity index (χ4n) is 2.18. The number of rotatable bonds is 1. The Morgan fingerprint density at radius 1 is 1.50 bits per heavy atom. The molecule has 0 heterocycles. The number of benzene rings is 1. The SMILES string of the molecule is CC(=O)OC1c2cccc(Cl)c2C(O)C1C. The zero-order chi connectivity index (χ0) is 11.9. The Morgan fingerprint density at radius 2 is 2.19 bits per heavy atom. The van der Waals surface area contributed by atoms with Crippen LogP contribution in [-0.4, -0.2) is 11.1 Å². The molecule has 0 aliphatic heterocycles. The maximum absolute atomic E-state index is 11.0. The summed E-state index contributed by atoms with van der Waals surface area (Å²) < 4.78 is 5.22. The van der Waals surface area contributed by atoms with Crippen LogP contribution < -0.4 is 0 Å². The average Bonchev–Trinajstić information content (AvgIpc) is 2.44. The molecular formula is C12H13ClO3. The fraction of sp³-hybridized carbons (Fsp3) is 0.417. The van der Waals surface area contributed by atoms with Crippen molar-refractivity contribution in [3.63, 3.8) is 0 Å². The van der Waals surface area contributed by atoms with Gasteiger partial charge in [0.2, 0.25) is 0 Å². The van der Waals surface area contributed by atoms with E-state index in [0.717, 1.165) is 5.56 Å². The predicted molar refractivity (Wildman–Crippen MR) is 60.1 cm³/mol. The van der Waals surface area contributed by atoms with Gasteiger partial charge in [0.1, 0.15) is 6.10 Å². The van der Waals surface area contributed by atoms with Crippen molar-refractivity contribution in [2.45, 2.75) is 26.1 Å². The molecule has 3 unspecified atom stereocenters. The maximum Gasteiger partial charge on any atom is 0.303 e. The molecule has 3 atom stereocenters. The van der Waals surface area contributed by atoms with Gasteiger partial charge in [0.25, 0.3) is 0 Å². The number of esters is 1. The number of hydrogen-bond donors (Lipinski definition) is 1. The molecule has 1 N–H and O–H groups in total. The molecule has 2 rings (SSSR count). The highest BCUT2D eigenvalue weighted by molar-refractivity contribution is 6.31. The minimum atomic E-state index is -0.673. The number of carbonyl (C=O) groups excluding carboxylic acids is 1. The highest BCUT2D eigenvalue weighted by Gasteiger charge is 2.40. The molecule has 86 valence electrons. The number of fused-ring (bicyclic) bond motifs is 1. The van der Waals surface area contributed by atoms with Crippen molar-refractivity contribution in [3.8, 4) is 0 Å². The fourth-order valence-corrected chi connectivity index (χ4v) is 2.47. The molecule has 1 aliphatic rings. The van der Waals surface area contributed by atoms with E-state index in [2.05, 4.69) is 0 Å². The monoisotopic (exact) mass is 240 g/mol. The quantitative estimate of drug-likeness (QED) is 0.768. The van der Waals surface area contributed by atoms with Gasteiger partial charge in [-0.15, -0.1) is 0 Å². The summed E-state index contributed by atoms with van der Waals surface area (Å²) >= 11 is 6.03. The lowest BCUT2D eigenvalue weighted by Crippen LogP contribution is -2.13. The van der Waals surface area contributed by atoms with Gasteiger partial charge in [-0.1, -0.05) is 30.7 Å². The van der Waals surface area contributed by atoms with E-state index in [-0.39, 0.29) is 11.9 Å². The van der Waals surface area contributed by atoms with Crippen LogP contribution in [0.1, 0.15) is 37.2 Å². The minimum absolute atomic E-state index is 0.168. The molecule has 4 heteroatoms. The lowest BCUT2D eigenvalue weighted by atomic mass is 10.0. The highest BCUT2D eigenvalue weighted by Crippen LogP contribution is 2.48. The summed E-state index contributed by atoms with van der Waals surface area (Å²) in [7, 11) is 0. The normalized spacial score (nSPS) is 27.6. The topological polar surface area (TPSA) is 46.5 Å². The van der Waals surface area contributed by atoms with Crippen LogP contribution in [0.5, 0.6) is 0 Å². The van der Waals surface area contributed by atoms with Crippen LogP contribution in [0.4, 0.5) is 0 Å². The van der Waals surface area contributed by atoms with Gasteiger partial charge in [0.15, 0.2) is 0 Å². The van der Waals surface area contributed by atoms with Gasteiger partial charge in [-0.25, -0.2) is 0 Å². The number of halogens is 1. The molecule has 0 aromatic heterocycles. The van der Waals surface area contributed by atoms with Crippen molar-refractivity contribution in [2.75, 3.05) is 0 Å². The van der Waals surface area contributed by atoms with Crippen molar-refractivity contribution in [3.05, 3.63) is 34.3 Å². The number of hydrogen-bond acceptors (Lipinski definition) is 3. The molecule has 3 nitrogen and oxygen atoms in total. The highest BCUT2D eigenvalue weighted by atomic mass is 35.5. The van der Waals surface area contributed by atoms with E-state index in [4.69, 9.17) is 16.3 Å². The summed E-state index contributed by atoms with van der Waals surface area (Å²) in [5.74, 6) is -0.518. The third-order valence-electron chi connectivity index (χ3n) is 2.96. The van der Waals surface area contributed by atoms with E-state index in [0.29, 0.717) is 10.6 Å². The summed E-state index contributed by atoms with van der Waals surface area (Å²) in [5, 5.41) is 10.6. The molecular weight excluding hydrogens is 228 g/mol. The third kappa shape index (κ3) is 1.70. The molecule has 0 spiro atoms. The van der Waals surface area contributed by atoms with Crippen molar-refractivity contribution in [1.82, 2.24) is 0 Å². The number of aliphatic hydroxyl groups excluding tert-OH is 1. The molecule has 0 amide bonds. The Kier molecular flexibility index (Phi) is 2.91. The van der Waals surface area contributed by atoms with Gasteiger partial charge < -0.3 is 9.84 Å². The first kappa shape index (κ1) is 11.4. The van der Waals surface area contributed by atoms with Gasteiger partial charge in [-0.2, -0.15) is 0 Å². The van der Waals surface area contributed by atoms with Crippen molar-refractivity contribution in [2.24, 2.45) is 5.92 Å². The van der Waals surface area contributed by atoms with Crippen LogP contribution in [0.25, 0.3) is 0 Å². The molecule has 0 saturated carbocycles. The van der Waals surface area contributed by atoms with Gasteiger partial charge in [-0.3, -0.25) is 4.79 Å². The van der Waals surface area contributed by atoms with Crippen LogP contribution in [0.2, 0.25) is 5.02 Å². The van der Waals surface area contributed by atoms with Crippen molar-refractivity contribution < 1.29 is 14.6 Å². The van der Waals surface area contributed by atoms with E-state index < -0.39 is 12.2 Å². The van der Waals surface area contributed by atoms with Crippen LogP contribution >= 0.6 is 11.6 Å². The Bertz CT molecular complexity index is 430.